The number of nitrogens with one attached hydrogen (secondary N) is 1. The minimum atomic E-state index is -0.609. The first-order chi connectivity index (χ1) is 15.3. The van der Waals surface area contributed by atoms with Crippen LogP contribution in [0, 0.1) is 5.82 Å². The molecule has 0 aliphatic carbocycles. The van der Waals surface area contributed by atoms with Gasteiger partial charge in [-0.2, -0.15) is 0 Å². The summed E-state index contributed by atoms with van der Waals surface area (Å²) in [4.78, 5) is 38.0. The van der Waals surface area contributed by atoms with Crippen molar-refractivity contribution in [3.63, 3.8) is 0 Å². The highest BCUT2D eigenvalue weighted by Gasteiger charge is 2.36. The normalized spacial score (nSPS) is 15.0. The van der Waals surface area contributed by atoms with Crippen molar-refractivity contribution in [3.05, 3.63) is 81.1 Å². The highest BCUT2D eigenvalue weighted by molar-refractivity contribution is 8.18. The molecule has 1 saturated heterocycles. The fourth-order valence-electron chi connectivity index (χ4n) is 2.88. The van der Waals surface area contributed by atoms with Gasteiger partial charge < -0.3 is 9.73 Å². The minimum Gasteiger partial charge on any atom is -0.457 e. The van der Waals surface area contributed by atoms with Crippen LogP contribution in [0.4, 0.5) is 14.9 Å². The molecule has 1 fully saturated rings. The molecule has 0 unspecified atom stereocenters. The van der Waals surface area contributed by atoms with Crippen LogP contribution in [0.2, 0.25) is 10.0 Å². The third-order valence-corrected chi connectivity index (χ3v) is 6.05. The van der Waals surface area contributed by atoms with Gasteiger partial charge in [0.2, 0.25) is 5.91 Å². The maximum atomic E-state index is 13.0. The molecule has 2 aromatic carbocycles. The molecule has 0 spiro atoms. The first kappa shape index (κ1) is 22.1. The average Bonchev–Trinajstić information content (AvgIpc) is 3.32. The third kappa shape index (κ3) is 4.88. The van der Waals surface area contributed by atoms with Crippen molar-refractivity contribution in [1.82, 2.24) is 4.90 Å². The molecule has 162 valence electrons. The van der Waals surface area contributed by atoms with Crippen LogP contribution in [-0.4, -0.2) is 28.5 Å². The molecule has 0 saturated carbocycles. The van der Waals surface area contributed by atoms with E-state index in [-0.39, 0.29) is 4.91 Å². The smallest absolute Gasteiger partial charge is 0.294 e. The Hall–Kier alpha value is -3.07. The number of hydrogen-bond donors (Lipinski definition) is 1. The summed E-state index contributed by atoms with van der Waals surface area (Å²) in [5, 5.41) is 2.73. The molecule has 6 nitrogen and oxygen atoms in total. The predicted molar refractivity (Wildman–Crippen MR) is 122 cm³/mol. The van der Waals surface area contributed by atoms with Crippen molar-refractivity contribution in [2.45, 2.75) is 0 Å². The van der Waals surface area contributed by atoms with Gasteiger partial charge in [-0.1, -0.05) is 23.2 Å². The molecule has 1 aromatic heterocycles. The van der Waals surface area contributed by atoms with E-state index in [1.54, 1.807) is 30.3 Å². The monoisotopic (exact) mass is 490 g/mol. The molecule has 4 rings (SSSR count). The van der Waals surface area contributed by atoms with E-state index < -0.39 is 29.4 Å². The number of amides is 3. The number of carbonyl (C=O) groups excluding carboxylic acids is 3. The third-order valence-electron chi connectivity index (χ3n) is 4.41. The first-order valence-corrected chi connectivity index (χ1v) is 10.7. The van der Waals surface area contributed by atoms with Crippen LogP contribution in [0.15, 0.2) is 63.9 Å². The summed E-state index contributed by atoms with van der Waals surface area (Å²) in [7, 11) is 0. The Morgan fingerprint density at radius 1 is 1.06 bits per heavy atom. The van der Waals surface area contributed by atoms with Gasteiger partial charge in [0.05, 0.1) is 15.0 Å². The fourth-order valence-corrected chi connectivity index (χ4v) is 3.99. The van der Waals surface area contributed by atoms with Crippen LogP contribution >= 0.6 is 35.0 Å². The quantitative estimate of drug-likeness (QED) is 0.439. The molecule has 0 bridgehead atoms. The van der Waals surface area contributed by atoms with Crippen molar-refractivity contribution in [2.24, 2.45) is 0 Å². The maximum absolute atomic E-state index is 13.0. The number of benzene rings is 2. The number of furan rings is 1. The number of hydrogen-bond acceptors (Lipinski definition) is 5. The zero-order valence-corrected chi connectivity index (χ0v) is 18.4. The van der Waals surface area contributed by atoms with Gasteiger partial charge in [0.15, 0.2) is 0 Å². The van der Waals surface area contributed by atoms with Crippen LogP contribution in [0.25, 0.3) is 17.4 Å². The average molecular weight is 491 g/mol. The molecule has 1 aliphatic heterocycles. The molecule has 1 N–H and O–H groups in total. The molecule has 1 aliphatic rings. The number of carbonyl (C=O) groups is 3. The molecule has 32 heavy (non-hydrogen) atoms. The van der Waals surface area contributed by atoms with Crippen LogP contribution in [0.1, 0.15) is 5.76 Å². The summed E-state index contributed by atoms with van der Waals surface area (Å²) in [6.07, 6.45) is 1.43. The van der Waals surface area contributed by atoms with E-state index >= 15 is 0 Å². The van der Waals surface area contributed by atoms with Crippen molar-refractivity contribution in [1.29, 1.82) is 0 Å². The molecular formula is C22H13Cl2FN2O4S. The summed E-state index contributed by atoms with van der Waals surface area (Å²) < 4.78 is 18.7. The second-order valence-corrected chi connectivity index (χ2v) is 8.46. The SMILES string of the molecule is O=C(CN1C(=O)S/C(=C\c2ccc(-c3ccc(Cl)c(Cl)c3)o2)C1=O)Nc1ccc(F)cc1. The van der Waals surface area contributed by atoms with Gasteiger partial charge in [0.1, 0.15) is 23.9 Å². The van der Waals surface area contributed by atoms with E-state index in [2.05, 4.69) is 5.32 Å². The van der Waals surface area contributed by atoms with Gasteiger partial charge in [-0.05, 0) is 66.4 Å². The summed E-state index contributed by atoms with van der Waals surface area (Å²) in [5.41, 5.74) is 1.05. The van der Waals surface area contributed by atoms with Crippen LogP contribution in [-0.2, 0) is 9.59 Å². The number of nitrogens with zero attached hydrogens (tertiary/aromatic N) is 1. The zero-order chi connectivity index (χ0) is 22.8. The van der Waals surface area contributed by atoms with Crippen molar-refractivity contribution in [3.8, 4) is 11.3 Å². The lowest BCUT2D eigenvalue weighted by Gasteiger charge is -2.12. The number of imide groups is 1. The highest BCUT2D eigenvalue weighted by Crippen LogP contribution is 2.34. The summed E-state index contributed by atoms with van der Waals surface area (Å²) in [5.74, 6) is -0.777. The van der Waals surface area contributed by atoms with Gasteiger partial charge in [-0.15, -0.1) is 0 Å². The Morgan fingerprint density at radius 2 is 1.81 bits per heavy atom. The van der Waals surface area contributed by atoms with E-state index in [1.165, 1.54) is 30.3 Å². The van der Waals surface area contributed by atoms with E-state index in [1.807, 2.05) is 0 Å². The number of thioether (sulfide) groups is 1. The lowest BCUT2D eigenvalue weighted by molar-refractivity contribution is -0.127. The van der Waals surface area contributed by atoms with Crippen LogP contribution in [0.3, 0.4) is 0 Å². The Labute approximate surface area is 196 Å². The Bertz CT molecular complexity index is 1260. The minimum absolute atomic E-state index is 0.125. The Morgan fingerprint density at radius 3 is 2.53 bits per heavy atom. The molecule has 10 heteroatoms. The number of anilines is 1. The van der Waals surface area contributed by atoms with E-state index in [0.29, 0.717) is 44.6 Å². The molecule has 3 aromatic rings. The van der Waals surface area contributed by atoms with Crippen molar-refractivity contribution >= 4 is 63.8 Å². The van der Waals surface area contributed by atoms with Gasteiger partial charge in [-0.25, -0.2) is 4.39 Å². The Balaban J connectivity index is 1.45. The van der Waals surface area contributed by atoms with Crippen LogP contribution in [0.5, 0.6) is 0 Å². The lowest BCUT2D eigenvalue weighted by Crippen LogP contribution is -2.36. The van der Waals surface area contributed by atoms with E-state index in [4.69, 9.17) is 27.6 Å². The second kappa shape index (κ2) is 9.20. The van der Waals surface area contributed by atoms with Crippen LogP contribution < -0.4 is 5.32 Å². The van der Waals surface area contributed by atoms with Gasteiger partial charge in [-0.3, -0.25) is 19.3 Å². The highest BCUT2D eigenvalue weighted by atomic mass is 35.5. The van der Waals surface area contributed by atoms with E-state index in [9.17, 15) is 18.8 Å². The molecule has 0 radical (unpaired) electrons. The standard InChI is InChI=1S/C22H13Cl2FN2O4S/c23-16-7-1-12(9-17(16)24)18-8-6-15(31-18)10-19-21(29)27(22(30)32-19)11-20(28)26-14-4-2-13(25)3-5-14/h1-10H,11H2,(H,26,28)/b19-10-. The fraction of sp³-hybridized carbons (Fsp3) is 0.0455. The largest absolute Gasteiger partial charge is 0.457 e. The van der Waals surface area contributed by atoms with E-state index in [0.717, 1.165) is 4.90 Å². The number of halogens is 3. The summed E-state index contributed by atoms with van der Waals surface area (Å²) in [6.45, 7) is -0.466. The van der Waals surface area contributed by atoms with Gasteiger partial charge in [0.25, 0.3) is 11.1 Å². The zero-order valence-electron chi connectivity index (χ0n) is 16.1. The summed E-state index contributed by atoms with van der Waals surface area (Å²) >= 11 is 12.7. The molecule has 3 amide bonds. The molecule has 2 heterocycles. The van der Waals surface area contributed by atoms with Crippen molar-refractivity contribution in [2.75, 3.05) is 11.9 Å². The predicted octanol–water partition coefficient (Wildman–Crippen LogP) is 6.07. The molecule has 0 atom stereocenters. The van der Waals surface area contributed by atoms with Gasteiger partial charge >= 0.3 is 0 Å². The van der Waals surface area contributed by atoms with Gasteiger partial charge in [0, 0.05) is 17.3 Å². The second-order valence-electron chi connectivity index (χ2n) is 6.65. The summed E-state index contributed by atoms with van der Waals surface area (Å²) in [6, 6.07) is 13.5. The Kier molecular flexibility index (Phi) is 6.36. The first-order valence-electron chi connectivity index (χ1n) is 9.16. The topological polar surface area (TPSA) is 79.6 Å². The molecular weight excluding hydrogens is 478 g/mol. The number of rotatable bonds is 5. The van der Waals surface area contributed by atoms with Crippen molar-refractivity contribution < 1.29 is 23.2 Å². The lowest BCUT2D eigenvalue weighted by atomic mass is 10.2. The maximum Gasteiger partial charge on any atom is 0.294 e.